The molecule has 0 saturated heterocycles. The highest BCUT2D eigenvalue weighted by Gasteiger charge is 2.14. The number of rotatable bonds is 7. The van der Waals surface area contributed by atoms with E-state index < -0.39 is 4.92 Å². The Morgan fingerprint density at radius 1 is 1.42 bits per heavy atom. The second-order valence-corrected chi connectivity index (χ2v) is 4.05. The minimum Gasteiger partial charge on any atom is -0.371 e. The first kappa shape index (κ1) is 14.9. The van der Waals surface area contributed by atoms with Crippen LogP contribution in [-0.2, 0) is 4.79 Å². The van der Waals surface area contributed by atoms with E-state index in [-0.39, 0.29) is 18.1 Å². The van der Waals surface area contributed by atoms with Gasteiger partial charge in [-0.25, -0.2) is 0 Å². The number of nitrogens with one attached hydrogen (secondary N) is 2. The second kappa shape index (κ2) is 7.32. The molecule has 0 saturated carbocycles. The topological polar surface area (TPSA) is 87.5 Å². The van der Waals surface area contributed by atoms with Crippen LogP contribution in [0.4, 0.5) is 11.4 Å². The Balaban J connectivity index is 2.57. The maximum atomic E-state index is 11.8. The summed E-state index contributed by atoms with van der Waals surface area (Å²) < 4.78 is 0. The molecule has 0 aromatic heterocycles. The summed E-state index contributed by atoms with van der Waals surface area (Å²) >= 11 is 0. The van der Waals surface area contributed by atoms with Gasteiger partial charge in [0.2, 0.25) is 5.91 Å². The third-order valence-electron chi connectivity index (χ3n) is 2.65. The number of likely N-dealkylation sites (N-methyl/N-ethyl adjacent to an activating group) is 2. The Hall–Kier alpha value is -2.15. The molecule has 0 aliphatic heterocycles. The minimum atomic E-state index is -0.475. The van der Waals surface area contributed by atoms with Crippen LogP contribution in [0.25, 0.3) is 0 Å². The molecular formula is C12H18N4O3. The van der Waals surface area contributed by atoms with Crippen LogP contribution in [0, 0.1) is 10.1 Å². The average molecular weight is 266 g/mol. The summed E-state index contributed by atoms with van der Waals surface area (Å²) in [5, 5.41) is 16.5. The Morgan fingerprint density at radius 3 is 2.74 bits per heavy atom. The van der Waals surface area contributed by atoms with Gasteiger partial charge in [-0.15, -0.1) is 0 Å². The highest BCUT2D eigenvalue weighted by molar-refractivity contribution is 5.81. The van der Waals surface area contributed by atoms with E-state index in [1.807, 2.05) is 7.05 Å². The van der Waals surface area contributed by atoms with Crippen LogP contribution in [0.5, 0.6) is 0 Å². The van der Waals surface area contributed by atoms with Crippen LogP contribution in [-0.4, -0.2) is 49.5 Å². The van der Waals surface area contributed by atoms with Gasteiger partial charge in [0, 0.05) is 26.2 Å². The molecule has 0 fully saturated rings. The maximum absolute atomic E-state index is 11.8. The predicted octanol–water partition coefficient (Wildman–Crippen LogP) is 0.684. The second-order valence-electron chi connectivity index (χ2n) is 4.05. The van der Waals surface area contributed by atoms with E-state index in [0.29, 0.717) is 18.8 Å². The van der Waals surface area contributed by atoms with E-state index in [9.17, 15) is 14.9 Å². The number of hydrogen-bond donors (Lipinski definition) is 2. The van der Waals surface area contributed by atoms with Crippen molar-refractivity contribution in [2.45, 2.75) is 0 Å². The average Bonchev–Trinajstić information content (AvgIpc) is 2.42. The lowest BCUT2D eigenvalue weighted by Gasteiger charge is -2.17. The van der Waals surface area contributed by atoms with Crippen molar-refractivity contribution < 1.29 is 9.72 Å². The van der Waals surface area contributed by atoms with Gasteiger partial charge in [0.25, 0.3) is 5.69 Å². The number of amides is 1. The van der Waals surface area contributed by atoms with E-state index in [0.717, 1.165) is 0 Å². The summed E-state index contributed by atoms with van der Waals surface area (Å²) in [7, 11) is 3.50. The number of anilines is 1. The largest absolute Gasteiger partial charge is 0.371 e. The standard InChI is InChI=1S/C12H18N4O3/c1-13-7-8-15(2)12(17)9-14-10-5-3-4-6-11(10)16(18)19/h3-6,13-14H,7-9H2,1-2H3. The van der Waals surface area contributed by atoms with E-state index in [4.69, 9.17) is 0 Å². The molecule has 19 heavy (non-hydrogen) atoms. The molecule has 1 amide bonds. The normalized spacial score (nSPS) is 10.0. The number of carbonyl (C=O) groups is 1. The van der Waals surface area contributed by atoms with Crippen molar-refractivity contribution in [2.24, 2.45) is 0 Å². The van der Waals surface area contributed by atoms with Gasteiger partial charge < -0.3 is 15.5 Å². The Morgan fingerprint density at radius 2 is 2.11 bits per heavy atom. The van der Waals surface area contributed by atoms with E-state index in [1.54, 1.807) is 30.1 Å². The number of nitro groups is 1. The fourth-order valence-electron chi connectivity index (χ4n) is 1.49. The van der Waals surface area contributed by atoms with Crippen molar-refractivity contribution in [1.29, 1.82) is 0 Å². The molecule has 1 rings (SSSR count). The molecule has 7 nitrogen and oxygen atoms in total. The lowest BCUT2D eigenvalue weighted by molar-refractivity contribution is -0.383. The van der Waals surface area contributed by atoms with Crippen molar-refractivity contribution in [3.63, 3.8) is 0 Å². The fraction of sp³-hybridized carbons (Fsp3) is 0.417. The number of carbonyl (C=O) groups excluding carboxylic acids is 1. The summed E-state index contributed by atoms with van der Waals surface area (Å²) in [6.07, 6.45) is 0. The molecule has 0 aliphatic rings. The molecule has 0 spiro atoms. The van der Waals surface area contributed by atoms with Gasteiger partial charge in [-0.05, 0) is 13.1 Å². The number of benzene rings is 1. The zero-order valence-electron chi connectivity index (χ0n) is 11.0. The van der Waals surface area contributed by atoms with Crippen molar-refractivity contribution in [3.05, 3.63) is 34.4 Å². The summed E-state index contributed by atoms with van der Waals surface area (Å²) in [4.78, 5) is 23.7. The predicted molar refractivity (Wildman–Crippen MR) is 73.1 cm³/mol. The number of nitrogens with zero attached hydrogens (tertiary/aromatic N) is 2. The quantitative estimate of drug-likeness (QED) is 0.560. The number of nitro benzene ring substituents is 1. The Labute approximate surface area is 111 Å². The van der Waals surface area contributed by atoms with Crippen molar-refractivity contribution in [1.82, 2.24) is 10.2 Å². The Kier molecular flexibility index (Phi) is 5.74. The molecular weight excluding hydrogens is 248 g/mol. The van der Waals surface area contributed by atoms with Gasteiger partial charge in [0.05, 0.1) is 11.5 Å². The van der Waals surface area contributed by atoms with Crippen LogP contribution < -0.4 is 10.6 Å². The summed E-state index contributed by atoms with van der Waals surface area (Å²) in [5.74, 6) is -0.117. The first-order valence-corrected chi connectivity index (χ1v) is 5.92. The molecule has 0 aliphatic carbocycles. The van der Waals surface area contributed by atoms with Crippen molar-refractivity contribution >= 4 is 17.3 Å². The molecule has 0 radical (unpaired) electrons. The molecule has 0 unspecified atom stereocenters. The minimum absolute atomic E-state index is 0.0328. The monoisotopic (exact) mass is 266 g/mol. The van der Waals surface area contributed by atoms with E-state index in [1.165, 1.54) is 6.07 Å². The summed E-state index contributed by atoms with van der Waals surface area (Å²) in [6.45, 7) is 1.33. The Bertz CT molecular complexity index is 450. The molecule has 1 aromatic rings. The fourth-order valence-corrected chi connectivity index (χ4v) is 1.49. The van der Waals surface area contributed by atoms with Crippen molar-refractivity contribution in [3.8, 4) is 0 Å². The molecule has 2 N–H and O–H groups in total. The molecule has 104 valence electrons. The first-order valence-electron chi connectivity index (χ1n) is 5.92. The van der Waals surface area contributed by atoms with Gasteiger partial charge in [0.15, 0.2) is 0 Å². The van der Waals surface area contributed by atoms with Crippen LogP contribution >= 0.6 is 0 Å². The van der Waals surface area contributed by atoms with Gasteiger partial charge in [-0.2, -0.15) is 0 Å². The zero-order chi connectivity index (χ0) is 14.3. The molecule has 1 aromatic carbocycles. The molecule has 7 heteroatoms. The lowest BCUT2D eigenvalue weighted by Crippen LogP contribution is -2.36. The zero-order valence-corrected chi connectivity index (χ0v) is 11.0. The lowest BCUT2D eigenvalue weighted by atomic mass is 10.2. The van der Waals surface area contributed by atoms with E-state index in [2.05, 4.69) is 10.6 Å². The van der Waals surface area contributed by atoms with Crippen LogP contribution in [0.15, 0.2) is 24.3 Å². The molecule has 0 atom stereocenters. The van der Waals surface area contributed by atoms with E-state index >= 15 is 0 Å². The highest BCUT2D eigenvalue weighted by Crippen LogP contribution is 2.22. The third kappa shape index (κ3) is 4.55. The highest BCUT2D eigenvalue weighted by atomic mass is 16.6. The molecule has 0 bridgehead atoms. The smallest absolute Gasteiger partial charge is 0.292 e. The first-order chi connectivity index (χ1) is 9.06. The van der Waals surface area contributed by atoms with Gasteiger partial charge in [-0.1, -0.05) is 12.1 Å². The van der Waals surface area contributed by atoms with Gasteiger partial charge >= 0.3 is 0 Å². The molecule has 0 heterocycles. The number of hydrogen-bond acceptors (Lipinski definition) is 5. The van der Waals surface area contributed by atoms with Crippen LogP contribution in [0.3, 0.4) is 0 Å². The van der Waals surface area contributed by atoms with Gasteiger partial charge in [-0.3, -0.25) is 14.9 Å². The summed E-state index contributed by atoms with van der Waals surface area (Å²) in [6, 6.07) is 6.26. The summed E-state index contributed by atoms with van der Waals surface area (Å²) in [5.41, 5.74) is 0.316. The van der Waals surface area contributed by atoms with Gasteiger partial charge in [0.1, 0.15) is 5.69 Å². The third-order valence-corrected chi connectivity index (χ3v) is 2.65. The SMILES string of the molecule is CNCCN(C)C(=O)CNc1ccccc1[N+](=O)[O-]. The maximum Gasteiger partial charge on any atom is 0.292 e. The van der Waals surface area contributed by atoms with Crippen molar-refractivity contribution in [2.75, 3.05) is 39.0 Å². The van der Waals surface area contributed by atoms with Crippen LogP contribution in [0.1, 0.15) is 0 Å². The number of para-hydroxylation sites is 2. The van der Waals surface area contributed by atoms with Crippen LogP contribution in [0.2, 0.25) is 0 Å².